The van der Waals surface area contributed by atoms with Crippen LogP contribution in [0.1, 0.15) is 68.6 Å². The predicted octanol–water partition coefficient (Wildman–Crippen LogP) is 7.62. The number of nitrogen functional groups attached to an aromatic ring is 2. The van der Waals surface area contributed by atoms with E-state index in [0.717, 1.165) is 48.3 Å². The van der Waals surface area contributed by atoms with E-state index in [1.165, 1.54) is 25.3 Å². The molecule has 6 nitrogen and oxygen atoms in total. The SMILES string of the molecule is [CH2]C(COC(=O)/C=C/c1ccc(OC(=O)C2CCC(CCCC)CC2)cc1)(Cc1ccc(N)cc1)Cc1ccc(N)cc1. The number of rotatable bonds is 13. The highest BCUT2D eigenvalue weighted by atomic mass is 16.5. The second-order valence-electron chi connectivity index (χ2n) is 12.1. The van der Waals surface area contributed by atoms with Crippen molar-refractivity contribution in [2.45, 2.75) is 64.7 Å². The summed E-state index contributed by atoms with van der Waals surface area (Å²) < 4.78 is 11.3. The summed E-state index contributed by atoms with van der Waals surface area (Å²) in [6.07, 6.45) is 12.1. The second kappa shape index (κ2) is 15.4. The maximum absolute atomic E-state index is 12.7. The van der Waals surface area contributed by atoms with E-state index >= 15 is 0 Å². The van der Waals surface area contributed by atoms with Gasteiger partial charge in [0.05, 0.1) is 12.5 Å². The summed E-state index contributed by atoms with van der Waals surface area (Å²) in [6.45, 7) is 6.83. The van der Waals surface area contributed by atoms with E-state index in [4.69, 9.17) is 20.9 Å². The Morgan fingerprint density at radius 2 is 1.42 bits per heavy atom. The normalized spacial score (nSPS) is 17.1. The standard InChI is InChI=1S/C37H45N2O4/c1-3-4-5-27-6-15-31(16-7-27)36(41)43-34-21-12-28(13-22-34)14-23-35(40)42-26-37(2,24-29-8-17-32(38)18-9-29)25-30-10-19-33(39)20-11-30/h8-14,17-23,27,31H,2-7,15-16,24-26,38-39H2,1H3/b23-14+. The smallest absolute Gasteiger partial charge is 0.330 e. The first-order chi connectivity index (χ1) is 20.7. The maximum atomic E-state index is 12.7. The molecule has 1 aliphatic carbocycles. The molecule has 3 aromatic carbocycles. The van der Waals surface area contributed by atoms with Crippen LogP contribution < -0.4 is 16.2 Å². The molecule has 1 fully saturated rings. The Hall–Kier alpha value is -4.06. The highest BCUT2D eigenvalue weighted by Gasteiger charge is 2.28. The molecule has 1 radical (unpaired) electrons. The van der Waals surface area contributed by atoms with Crippen molar-refractivity contribution >= 4 is 29.4 Å². The fourth-order valence-corrected chi connectivity index (χ4v) is 5.76. The number of carbonyl (C=O) groups excluding carboxylic acids is 2. The van der Waals surface area contributed by atoms with Gasteiger partial charge in [0.25, 0.3) is 0 Å². The Morgan fingerprint density at radius 3 is 1.95 bits per heavy atom. The molecular formula is C37H45N2O4. The topological polar surface area (TPSA) is 105 Å². The minimum atomic E-state index is -0.587. The summed E-state index contributed by atoms with van der Waals surface area (Å²) in [6, 6.07) is 22.5. The van der Waals surface area contributed by atoms with Gasteiger partial charge in [0.2, 0.25) is 0 Å². The van der Waals surface area contributed by atoms with Gasteiger partial charge < -0.3 is 20.9 Å². The van der Waals surface area contributed by atoms with Crippen LogP contribution in [0, 0.1) is 24.2 Å². The molecule has 0 aromatic heterocycles. The van der Waals surface area contributed by atoms with Crippen LogP contribution in [-0.2, 0) is 27.2 Å². The molecule has 3 aromatic rings. The van der Waals surface area contributed by atoms with E-state index < -0.39 is 11.4 Å². The molecule has 0 heterocycles. The van der Waals surface area contributed by atoms with Crippen molar-refractivity contribution < 1.29 is 19.1 Å². The number of esters is 2. The number of nitrogens with two attached hydrogens (primary N) is 2. The minimum Gasteiger partial charge on any atom is -0.462 e. The lowest BCUT2D eigenvalue weighted by molar-refractivity contribution is -0.141. The molecule has 4 rings (SSSR count). The number of unbranched alkanes of at least 4 members (excludes halogenated alkanes) is 1. The number of hydrogen-bond donors (Lipinski definition) is 2. The Labute approximate surface area is 256 Å². The van der Waals surface area contributed by atoms with Crippen LogP contribution in [0.2, 0.25) is 0 Å². The molecule has 0 aliphatic heterocycles. The summed E-state index contributed by atoms with van der Waals surface area (Å²) in [7, 11) is 0. The van der Waals surface area contributed by atoms with Gasteiger partial charge in [-0.15, -0.1) is 0 Å². The Kier molecular flexibility index (Phi) is 11.4. The van der Waals surface area contributed by atoms with Crippen molar-refractivity contribution in [2.24, 2.45) is 17.3 Å². The zero-order valence-electron chi connectivity index (χ0n) is 25.3. The highest BCUT2D eigenvalue weighted by molar-refractivity contribution is 5.87. The molecular weight excluding hydrogens is 536 g/mol. The average Bonchev–Trinajstić information content (AvgIpc) is 3.01. The third-order valence-electron chi connectivity index (χ3n) is 8.29. The van der Waals surface area contributed by atoms with Crippen molar-refractivity contribution in [3.05, 3.63) is 102 Å². The molecule has 43 heavy (non-hydrogen) atoms. The molecule has 6 heteroatoms. The van der Waals surface area contributed by atoms with Crippen LogP contribution >= 0.6 is 0 Å². The molecule has 0 amide bonds. The van der Waals surface area contributed by atoms with Crippen LogP contribution in [0.5, 0.6) is 5.75 Å². The van der Waals surface area contributed by atoms with Gasteiger partial charge in [0.15, 0.2) is 0 Å². The third kappa shape index (κ3) is 10.3. The van der Waals surface area contributed by atoms with Crippen LogP contribution in [0.4, 0.5) is 11.4 Å². The number of hydrogen-bond acceptors (Lipinski definition) is 6. The van der Waals surface area contributed by atoms with Crippen molar-refractivity contribution in [3.8, 4) is 5.75 Å². The summed E-state index contributed by atoms with van der Waals surface area (Å²) in [5.74, 6) is 0.653. The van der Waals surface area contributed by atoms with Crippen LogP contribution in [-0.4, -0.2) is 18.5 Å². The summed E-state index contributed by atoms with van der Waals surface area (Å²) in [5, 5.41) is 0. The van der Waals surface area contributed by atoms with Gasteiger partial charge >= 0.3 is 11.9 Å². The third-order valence-corrected chi connectivity index (χ3v) is 8.29. The first-order valence-electron chi connectivity index (χ1n) is 15.4. The Bertz CT molecular complexity index is 1290. The molecule has 0 saturated heterocycles. The van der Waals surface area contributed by atoms with E-state index in [1.807, 2.05) is 60.7 Å². The summed E-state index contributed by atoms with van der Waals surface area (Å²) in [4.78, 5) is 25.4. The van der Waals surface area contributed by atoms with E-state index in [-0.39, 0.29) is 18.5 Å². The molecule has 0 atom stereocenters. The van der Waals surface area contributed by atoms with E-state index in [1.54, 1.807) is 18.2 Å². The van der Waals surface area contributed by atoms with Crippen molar-refractivity contribution in [1.29, 1.82) is 0 Å². The van der Waals surface area contributed by atoms with Crippen molar-refractivity contribution in [2.75, 3.05) is 18.1 Å². The van der Waals surface area contributed by atoms with Crippen LogP contribution in [0.3, 0.4) is 0 Å². The molecule has 1 aliphatic rings. The van der Waals surface area contributed by atoms with E-state index in [0.29, 0.717) is 30.0 Å². The van der Waals surface area contributed by atoms with Gasteiger partial charge in [-0.25, -0.2) is 4.79 Å². The molecule has 0 unspecified atom stereocenters. The number of ether oxygens (including phenoxy) is 2. The zero-order chi connectivity index (χ0) is 30.7. The van der Waals surface area contributed by atoms with Gasteiger partial charge in [-0.1, -0.05) is 62.6 Å². The molecule has 4 N–H and O–H groups in total. The summed E-state index contributed by atoms with van der Waals surface area (Å²) >= 11 is 0. The lowest BCUT2D eigenvalue weighted by Gasteiger charge is -2.29. The maximum Gasteiger partial charge on any atom is 0.330 e. The quantitative estimate of drug-likeness (QED) is 0.0931. The molecule has 1 saturated carbocycles. The number of anilines is 2. The van der Waals surface area contributed by atoms with Gasteiger partial charge in [-0.05, 0) is 111 Å². The molecule has 0 bridgehead atoms. The Morgan fingerprint density at radius 1 is 0.860 bits per heavy atom. The Balaban J connectivity index is 1.29. The first kappa shape index (κ1) is 31.9. The van der Waals surface area contributed by atoms with Gasteiger partial charge in [-0.3, -0.25) is 4.79 Å². The van der Waals surface area contributed by atoms with E-state index in [2.05, 4.69) is 13.8 Å². The van der Waals surface area contributed by atoms with E-state index in [9.17, 15) is 9.59 Å². The number of benzene rings is 3. The monoisotopic (exact) mass is 581 g/mol. The summed E-state index contributed by atoms with van der Waals surface area (Å²) in [5.41, 5.74) is 15.4. The largest absolute Gasteiger partial charge is 0.462 e. The number of carbonyl (C=O) groups is 2. The lowest BCUT2D eigenvalue weighted by Crippen LogP contribution is -2.30. The first-order valence-corrected chi connectivity index (χ1v) is 15.4. The fourth-order valence-electron chi connectivity index (χ4n) is 5.76. The molecule has 0 spiro atoms. The second-order valence-corrected chi connectivity index (χ2v) is 12.1. The fraction of sp³-hybridized carbons (Fsp3) is 0.378. The van der Waals surface area contributed by atoms with Crippen molar-refractivity contribution in [3.63, 3.8) is 0 Å². The molecule has 227 valence electrons. The highest BCUT2D eigenvalue weighted by Crippen LogP contribution is 2.33. The van der Waals surface area contributed by atoms with Gasteiger partial charge in [-0.2, -0.15) is 0 Å². The van der Waals surface area contributed by atoms with Crippen LogP contribution in [0.25, 0.3) is 6.08 Å². The van der Waals surface area contributed by atoms with Gasteiger partial charge in [0, 0.05) is 22.9 Å². The van der Waals surface area contributed by atoms with Crippen molar-refractivity contribution in [1.82, 2.24) is 0 Å². The van der Waals surface area contributed by atoms with Crippen LogP contribution in [0.15, 0.2) is 78.9 Å². The zero-order valence-corrected chi connectivity index (χ0v) is 25.3. The lowest BCUT2D eigenvalue weighted by atomic mass is 9.79. The average molecular weight is 582 g/mol. The minimum absolute atomic E-state index is 0.0209. The predicted molar refractivity (Wildman–Crippen MR) is 174 cm³/mol. The van der Waals surface area contributed by atoms with Gasteiger partial charge in [0.1, 0.15) is 5.75 Å².